The van der Waals surface area contributed by atoms with Gasteiger partial charge in [-0.2, -0.15) is 0 Å². The Balaban J connectivity index is 1.54. The fourth-order valence-corrected chi connectivity index (χ4v) is 6.13. The lowest BCUT2D eigenvalue weighted by molar-refractivity contribution is -0.132. The van der Waals surface area contributed by atoms with Gasteiger partial charge in [0.1, 0.15) is 17.1 Å². The molecule has 2 aromatic carbocycles. The molecule has 1 saturated heterocycles. The molecule has 2 heterocycles. The van der Waals surface area contributed by atoms with E-state index in [1.54, 1.807) is 20.5 Å². The number of hydrogen-bond donors (Lipinski definition) is 0. The van der Waals surface area contributed by atoms with Crippen LogP contribution in [-0.4, -0.2) is 37.6 Å². The van der Waals surface area contributed by atoms with Gasteiger partial charge in [0.15, 0.2) is 0 Å². The van der Waals surface area contributed by atoms with Gasteiger partial charge in [-0.15, -0.1) is 0 Å². The average Bonchev–Trinajstić information content (AvgIpc) is 3.32. The zero-order valence-electron chi connectivity index (χ0n) is 21.2. The second kappa shape index (κ2) is 9.80. The number of carbonyl (C=O) groups is 1. The van der Waals surface area contributed by atoms with E-state index >= 15 is 0 Å². The number of likely N-dealkylation sites (tertiary alicyclic amines) is 1. The van der Waals surface area contributed by atoms with Crippen molar-refractivity contribution >= 4 is 22.4 Å². The first kappa shape index (κ1) is 23.5. The van der Waals surface area contributed by atoms with Gasteiger partial charge in [-0.05, 0) is 74.8 Å². The van der Waals surface area contributed by atoms with E-state index in [9.17, 15) is 4.79 Å². The average molecular weight is 474 g/mol. The third kappa shape index (κ3) is 4.33. The number of fused-ring (bicyclic) bond motifs is 2. The molecule has 2 unspecified atom stereocenters. The molecule has 0 radical (unpaired) electrons. The lowest BCUT2D eigenvalue weighted by Crippen LogP contribution is -2.49. The van der Waals surface area contributed by atoms with Gasteiger partial charge in [0.2, 0.25) is 5.91 Å². The zero-order valence-corrected chi connectivity index (χ0v) is 21.2. The van der Waals surface area contributed by atoms with Gasteiger partial charge in [0.05, 0.1) is 20.5 Å². The number of aryl methyl sites for hydroxylation is 1. The van der Waals surface area contributed by atoms with Crippen molar-refractivity contribution in [2.45, 2.75) is 58.4 Å². The number of rotatable bonds is 5. The van der Waals surface area contributed by atoms with Crippen molar-refractivity contribution < 1.29 is 18.7 Å². The molecule has 1 aliphatic heterocycles. The van der Waals surface area contributed by atoms with Crippen LogP contribution in [0, 0.1) is 12.8 Å². The number of ether oxygens (including phenoxy) is 2. The lowest BCUT2D eigenvalue weighted by Gasteiger charge is -2.43. The summed E-state index contributed by atoms with van der Waals surface area (Å²) in [6, 6.07) is 10.5. The van der Waals surface area contributed by atoms with Gasteiger partial charge in [-0.25, -0.2) is 0 Å². The summed E-state index contributed by atoms with van der Waals surface area (Å²) in [7, 11) is 3.35. The third-order valence-electron chi connectivity index (χ3n) is 7.92. The summed E-state index contributed by atoms with van der Waals surface area (Å²) in [4.78, 5) is 15.6. The van der Waals surface area contributed by atoms with Crippen molar-refractivity contribution in [3.05, 3.63) is 53.8 Å². The number of carbonyl (C=O) groups excluding carboxylic acids is 1. The van der Waals surface area contributed by atoms with Crippen molar-refractivity contribution in [2.75, 3.05) is 20.8 Å². The molecular weight excluding hydrogens is 438 g/mol. The molecule has 0 spiro atoms. The topological polar surface area (TPSA) is 51.9 Å². The first-order valence-electron chi connectivity index (χ1n) is 12.7. The molecule has 5 heteroatoms. The molecule has 0 bridgehead atoms. The van der Waals surface area contributed by atoms with E-state index < -0.39 is 0 Å². The lowest BCUT2D eigenvalue weighted by atomic mass is 9.78. The number of amides is 1. The molecule has 0 N–H and O–H groups in total. The first-order chi connectivity index (χ1) is 17.0. The number of benzene rings is 2. The highest BCUT2D eigenvalue weighted by molar-refractivity contribution is 6.01. The predicted molar refractivity (Wildman–Crippen MR) is 140 cm³/mol. The number of piperidine rings is 1. The standard InChI is InChI=1S/C30H35NO4/c1-19(15-28(32)31-14-8-11-21-9-5-6-13-27(21)31)24-17-25-26(22-10-7-12-23(16-22)33-3)18-35-30(25)20(2)29(24)34-4/h7,10,12,15-18,21,27H,5-6,8-9,11,13-14H2,1-4H3/b19-15+. The fraction of sp³-hybridized carbons (Fsp3) is 0.433. The predicted octanol–water partition coefficient (Wildman–Crippen LogP) is 7.01. The normalized spacial score (nSPS) is 20.6. The van der Waals surface area contributed by atoms with Crippen molar-refractivity contribution in [3.8, 4) is 22.6 Å². The quantitative estimate of drug-likeness (QED) is 0.374. The Morgan fingerprint density at radius 2 is 1.89 bits per heavy atom. The van der Waals surface area contributed by atoms with E-state index in [1.165, 1.54) is 25.7 Å². The molecule has 1 aromatic heterocycles. The second-order valence-electron chi connectivity index (χ2n) is 9.95. The summed E-state index contributed by atoms with van der Waals surface area (Å²) >= 11 is 0. The molecule has 3 aromatic rings. The van der Waals surface area contributed by atoms with Crippen LogP contribution in [0.15, 0.2) is 47.1 Å². The molecule has 184 valence electrons. The molecule has 5 rings (SSSR count). The summed E-state index contributed by atoms with van der Waals surface area (Å²) in [6.07, 6.45) is 10.9. The van der Waals surface area contributed by atoms with Crippen LogP contribution in [0.3, 0.4) is 0 Å². The molecule has 2 fully saturated rings. The Bertz CT molecular complexity index is 1270. The van der Waals surface area contributed by atoms with E-state index in [-0.39, 0.29) is 5.91 Å². The molecular formula is C30H35NO4. The minimum absolute atomic E-state index is 0.124. The van der Waals surface area contributed by atoms with Crippen LogP contribution >= 0.6 is 0 Å². The van der Waals surface area contributed by atoms with Crippen LogP contribution in [0.5, 0.6) is 11.5 Å². The van der Waals surface area contributed by atoms with Crippen LogP contribution < -0.4 is 9.47 Å². The first-order valence-corrected chi connectivity index (χ1v) is 12.7. The summed E-state index contributed by atoms with van der Waals surface area (Å²) in [6.45, 7) is 4.88. The number of methoxy groups -OCH3 is 2. The summed E-state index contributed by atoms with van der Waals surface area (Å²) in [5.74, 6) is 2.34. The molecule has 1 amide bonds. The van der Waals surface area contributed by atoms with Gasteiger partial charge in [-0.1, -0.05) is 25.0 Å². The number of allylic oxidation sites excluding steroid dienone is 1. The molecule has 1 aliphatic carbocycles. The van der Waals surface area contributed by atoms with Gasteiger partial charge >= 0.3 is 0 Å². The van der Waals surface area contributed by atoms with E-state index in [0.717, 1.165) is 69.7 Å². The van der Waals surface area contributed by atoms with E-state index in [1.807, 2.05) is 38.1 Å². The third-order valence-corrected chi connectivity index (χ3v) is 7.92. The van der Waals surface area contributed by atoms with Crippen molar-refractivity contribution in [1.82, 2.24) is 4.90 Å². The van der Waals surface area contributed by atoms with Crippen LogP contribution in [-0.2, 0) is 4.79 Å². The van der Waals surface area contributed by atoms with Crippen molar-refractivity contribution in [3.63, 3.8) is 0 Å². The zero-order chi connectivity index (χ0) is 24.5. The maximum Gasteiger partial charge on any atom is 0.247 e. The molecule has 2 atom stereocenters. The van der Waals surface area contributed by atoms with E-state index in [2.05, 4.69) is 17.0 Å². The minimum atomic E-state index is 0.124. The Hall–Kier alpha value is -3.21. The number of hydrogen-bond acceptors (Lipinski definition) is 4. The highest BCUT2D eigenvalue weighted by Gasteiger charge is 2.35. The molecule has 5 nitrogen and oxygen atoms in total. The van der Waals surface area contributed by atoms with Gasteiger partial charge in [-0.3, -0.25) is 4.79 Å². The minimum Gasteiger partial charge on any atom is -0.497 e. The highest BCUT2D eigenvalue weighted by atomic mass is 16.5. The molecule has 2 aliphatic rings. The monoisotopic (exact) mass is 473 g/mol. The molecule has 35 heavy (non-hydrogen) atoms. The van der Waals surface area contributed by atoms with Crippen LogP contribution in [0.2, 0.25) is 0 Å². The maximum atomic E-state index is 13.5. The Kier molecular flexibility index (Phi) is 6.59. The maximum absolute atomic E-state index is 13.5. The Morgan fingerprint density at radius 1 is 1.09 bits per heavy atom. The molecule has 1 saturated carbocycles. The summed E-state index contributed by atoms with van der Waals surface area (Å²) in [5, 5.41) is 0.997. The van der Waals surface area contributed by atoms with Gasteiger partial charge < -0.3 is 18.8 Å². The van der Waals surface area contributed by atoms with Crippen LogP contribution in [0.1, 0.15) is 56.6 Å². The van der Waals surface area contributed by atoms with E-state index in [0.29, 0.717) is 12.0 Å². The van der Waals surface area contributed by atoms with E-state index in [4.69, 9.17) is 13.9 Å². The van der Waals surface area contributed by atoms with Crippen LogP contribution in [0.25, 0.3) is 27.7 Å². The summed E-state index contributed by atoms with van der Waals surface area (Å²) < 4.78 is 17.3. The van der Waals surface area contributed by atoms with Crippen LogP contribution in [0.4, 0.5) is 0 Å². The number of furan rings is 1. The largest absolute Gasteiger partial charge is 0.497 e. The summed E-state index contributed by atoms with van der Waals surface area (Å²) in [5.41, 5.74) is 5.57. The Morgan fingerprint density at radius 3 is 2.69 bits per heavy atom. The Labute approximate surface area is 207 Å². The van der Waals surface area contributed by atoms with Gasteiger partial charge in [0.25, 0.3) is 0 Å². The smallest absolute Gasteiger partial charge is 0.247 e. The van der Waals surface area contributed by atoms with Crippen molar-refractivity contribution in [2.24, 2.45) is 5.92 Å². The number of nitrogens with zero attached hydrogens (tertiary/aromatic N) is 1. The second-order valence-corrected chi connectivity index (χ2v) is 9.95. The SMILES string of the molecule is COc1cccc(-c2coc3c(C)c(OC)c(/C(C)=C/C(=O)N4CCCC5CCCCC54)cc23)c1. The van der Waals surface area contributed by atoms with Gasteiger partial charge in [0, 0.05) is 40.7 Å². The highest BCUT2D eigenvalue weighted by Crippen LogP contribution is 2.41. The van der Waals surface area contributed by atoms with Crippen molar-refractivity contribution in [1.29, 1.82) is 0 Å². The fourth-order valence-electron chi connectivity index (χ4n) is 6.13.